The highest BCUT2D eigenvalue weighted by molar-refractivity contribution is 6.29. The van der Waals surface area contributed by atoms with E-state index >= 15 is 0 Å². The second kappa shape index (κ2) is 5.67. The van der Waals surface area contributed by atoms with Crippen LogP contribution in [-0.4, -0.2) is 34.7 Å². The number of rotatable bonds is 5. The Morgan fingerprint density at radius 1 is 1.21 bits per heavy atom. The minimum absolute atomic E-state index is 0.468. The van der Waals surface area contributed by atoms with Gasteiger partial charge in [0, 0.05) is 13.1 Å². The van der Waals surface area contributed by atoms with Gasteiger partial charge in [0.1, 0.15) is 0 Å². The lowest BCUT2D eigenvalue weighted by Crippen LogP contribution is -2.63. The molecule has 0 amide bonds. The molecule has 2 heterocycles. The van der Waals surface area contributed by atoms with Gasteiger partial charge >= 0.3 is 0 Å². The highest BCUT2D eigenvalue weighted by Crippen LogP contribution is 2.74. The van der Waals surface area contributed by atoms with Crippen molar-refractivity contribution < 1.29 is 0 Å². The van der Waals surface area contributed by atoms with Crippen LogP contribution in [0.1, 0.15) is 58.6 Å². The summed E-state index contributed by atoms with van der Waals surface area (Å²) < 4.78 is 0. The van der Waals surface area contributed by atoms with Crippen LogP contribution in [0.2, 0.25) is 5.15 Å². The first-order valence-electron chi connectivity index (χ1n) is 9.48. The van der Waals surface area contributed by atoms with Crippen molar-refractivity contribution >= 4 is 11.6 Å². The second-order valence-corrected chi connectivity index (χ2v) is 10.4. The first kappa shape index (κ1) is 16.8. The van der Waals surface area contributed by atoms with E-state index in [-0.39, 0.29) is 0 Å². The maximum atomic E-state index is 5.80. The summed E-state index contributed by atoms with van der Waals surface area (Å²) >= 11 is 5.80. The zero-order chi connectivity index (χ0) is 17.0. The summed E-state index contributed by atoms with van der Waals surface area (Å²) in [5.41, 5.74) is 2.98. The average molecular weight is 348 g/mol. The summed E-state index contributed by atoms with van der Waals surface area (Å²) in [6.45, 7) is 11.1. The van der Waals surface area contributed by atoms with Gasteiger partial charge in [-0.2, -0.15) is 5.10 Å². The van der Waals surface area contributed by atoms with Crippen molar-refractivity contribution in [2.24, 2.45) is 22.2 Å². The third-order valence-corrected chi connectivity index (χ3v) is 6.75. The lowest BCUT2D eigenvalue weighted by Gasteiger charge is -2.61. The molecule has 3 nitrogen and oxygen atoms in total. The van der Waals surface area contributed by atoms with Gasteiger partial charge in [-0.15, -0.1) is 5.10 Å². The van der Waals surface area contributed by atoms with Gasteiger partial charge in [0.05, 0.1) is 5.69 Å². The molecule has 0 bridgehead atoms. The SMILES string of the molecule is CC(C)(C)CCN1CC2(C1)CC1(CC1CCc1ccc(Cl)nn1)C2. The number of hydrogen-bond acceptors (Lipinski definition) is 3. The molecule has 0 N–H and O–H groups in total. The smallest absolute Gasteiger partial charge is 0.151 e. The third kappa shape index (κ3) is 3.35. The van der Waals surface area contributed by atoms with E-state index in [1.807, 2.05) is 12.1 Å². The van der Waals surface area contributed by atoms with Crippen molar-refractivity contribution in [2.45, 2.75) is 59.3 Å². The lowest BCUT2D eigenvalue weighted by atomic mass is 9.54. The Morgan fingerprint density at radius 2 is 1.96 bits per heavy atom. The van der Waals surface area contributed by atoms with Crippen LogP contribution in [0.4, 0.5) is 0 Å². The molecule has 1 aromatic rings. The van der Waals surface area contributed by atoms with Crippen molar-refractivity contribution in [1.82, 2.24) is 15.1 Å². The van der Waals surface area contributed by atoms with Crippen LogP contribution in [0.3, 0.4) is 0 Å². The number of aromatic nitrogens is 2. The van der Waals surface area contributed by atoms with Crippen LogP contribution in [0.25, 0.3) is 0 Å². The monoisotopic (exact) mass is 347 g/mol. The fourth-order valence-corrected chi connectivity index (χ4v) is 5.39. The molecule has 1 aliphatic heterocycles. The number of hydrogen-bond donors (Lipinski definition) is 0. The van der Waals surface area contributed by atoms with Crippen molar-refractivity contribution in [3.8, 4) is 0 Å². The lowest BCUT2D eigenvalue weighted by molar-refractivity contribution is -0.112. The van der Waals surface area contributed by atoms with Gasteiger partial charge < -0.3 is 4.90 Å². The molecule has 24 heavy (non-hydrogen) atoms. The van der Waals surface area contributed by atoms with Gasteiger partial charge in [0.15, 0.2) is 5.15 Å². The predicted octanol–water partition coefficient (Wildman–Crippen LogP) is 4.60. The fourth-order valence-electron chi connectivity index (χ4n) is 5.29. The average Bonchev–Trinajstić information content (AvgIpc) is 3.14. The Labute approximate surface area is 151 Å². The fraction of sp³-hybridized carbons (Fsp3) is 0.800. The zero-order valence-corrected chi connectivity index (χ0v) is 16.1. The molecule has 2 aliphatic carbocycles. The summed E-state index contributed by atoms with van der Waals surface area (Å²) in [4.78, 5) is 2.68. The van der Waals surface area contributed by atoms with Gasteiger partial charge in [-0.25, -0.2) is 0 Å². The molecule has 1 saturated heterocycles. The van der Waals surface area contributed by atoms with Crippen LogP contribution in [0, 0.1) is 22.2 Å². The van der Waals surface area contributed by atoms with Crippen LogP contribution in [0.15, 0.2) is 12.1 Å². The number of likely N-dealkylation sites (tertiary alicyclic amines) is 1. The molecule has 4 heteroatoms. The molecule has 132 valence electrons. The van der Waals surface area contributed by atoms with E-state index < -0.39 is 0 Å². The highest BCUT2D eigenvalue weighted by atomic mass is 35.5. The standard InChI is InChI=1S/C20H30ClN3/c1-18(2,3)8-9-24-13-19(14-24)11-20(12-19)10-15(20)4-5-16-6-7-17(21)23-22-16/h6-7,15H,4-5,8-14H2,1-3H3. The Balaban J connectivity index is 1.17. The van der Waals surface area contributed by atoms with E-state index in [2.05, 4.69) is 35.9 Å². The molecule has 4 rings (SSSR count). The second-order valence-electron chi connectivity index (χ2n) is 10.0. The quantitative estimate of drug-likeness (QED) is 0.779. The molecule has 1 atom stereocenters. The molecular formula is C20H30ClN3. The number of nitrogens with zero attached hydrogens (tertiary/aromatic N) is 3. The summed E-state index contributed by atoms with van der Waals surface area (Å²) in [6, 6.07) is 3.87. The maximum absolute atomic E-state index is 5.80. The van der Waals surface area contributed by atoms with Gasteiger partial charge in [-0.05, 0) is 79.4 Å². The zero-order valence-electron chi connectivity index (χ0n) is 15.3. The first-order valence-corrected chi connectivity index (χ1v) is 9.86. The minimum Gasteiger partial charge on any atom is -0.302 e. The Morgan fingerprint density at radius 3 is 2.58 bits per heavy atom. The first-order chi connectivity index (χ1) is 11.3. The molecule has 1 aromatic heterocycles. The summed E-state index contributed by atoms with van der Waals surface area (Å²) in [7, 11) is 0. The molecular weight excluding hydrogens is 318 g/mol. The van der Waals surface area contributed by atoms with Crippen LogP contribution in [-0.2, 0) is 6.42 Å². The van der Waals surface area contributed by atoms with E-state index in [9.17, 15) is 0 Å². The van der Waals surface area contributed by atoms with E-state index in [1.54, 1.807) is 0 Å². The van der Waals surface area contributed by atoms with E-state index in [4.69, 9.17) is 11.6 Å². The Hall–Kier alpha value is -0.670. The largest absolute Gasteiger partial charge is 0.302 e. The van der Waals surface area contributed by atoms with Gasteiger partial charge in [-0.1, -0.05) is 32.4 Å². The van der Waals surface area contributed by atoms with Crippen molar-refractivity contribution in [3.63, 3.8) is 0 Å². The van der Waals surface area contributed by atoms with Crippen molar-refractivity contribution in [3.05, 3.63) is 23.0 Å². The van der Waals surface area contributed by atoms with Crippen LogP contribution < -0.4 is 0 Å². The maximum Gasteiger partial charge on any atom is 0.151 e. The van der Waals surface area contributed by atoms with Gasteiger partial charge in [0.25, 0.3) is 0 Å². The minimum atomic E-state index is 0.468. The summed E-state index contributed by atoms with van der Waals surface area (Å²) in [6.07, 6.45) is 8.09. The molecule has 3 aliphatic rings. The summed E-state index contributed by atoms with van der Waals surface area (Å²) in [5.74, 6) is 0.934. The third-order valence-electron chi connectivity index (χ3n) is 6.55. The highest BCUT2D eigenvalue weighted by Gasteiger charge is 2.68. The number of aryl methyl sites for hydroxylation is 1. The van der Waals surface area contributed by atoms with Gasteiger partial charge in [-0.3, -0.25) is 0 Å². The van der Waals surface area contributed by atoms with E-state index in [0.717, 1.165) is 23.4 Å². The normalized spacial score (nSPS) is 27.1. The molecule has 2 spiro atoms. The molecule has 0 radical (unpaired) electrons. The topological polar surface area (TPSA) is 29.0 Å². The predicted molar refractivity (Wildman–Crippen MR) is 98.1 cm³/mol. The molecule has 3 fully saturated rings. The van der Waals surface area contributed by atoms with Crippen molar-refractivity contribution in [1.29, 1.82) is 0 Å². The molecule has 0 aromatic carbocycles. The Kier molecular flexibility index (Phi) is 3.96. The molecule has 2 saturated carbocycles. The summed E-state index contributed by atoms with van der Waals surface area (Å²) in [5, 5.41) is 8.62. The Bertz CT molecular complexity index is 590. The van der Waals surface area contributed by atoms with Crippen LogP contribution >= 0.6 is 11.6 Å². The van der Waals surface area contributed by atoms with Crippen LogP contribution in [0.5, 0.6) is 0 Å². The molecule has 1 unspecified atom stereocenters. The van der Waals surface area contributed by atoms with E-state index in [1.165, 1.54) is 51.7 Å². The van der Waals surface area contributed by atoms with E-state index in [0.29, 0.717) is 16.0 Å². The van der Waals surface area contributed by atoms with Crippen molar-refractivity contribution in [2.75, 3.05) is 19.6 Å². The van der Waals surface area contributed by atoms with Gasteiger partial charge in [0.2, 0.25) is 0 Å². The number of halogens is 1.